The summed E-state index contributed by atoms with van der Waals surface area (Å²) in [6, 6.07) is 3.42. The van der Waals surface area contributed by atoms with E-state index in [0.29, 0.717) is 0 Å². The molecule has 4 nitrogen and oxygen atoms in total. The Morgan fingerprint density at radius 2 is 1.36 bits per heavy atom. The maximum Gasteiger partial charge on any atom is 0.491 e. The van der Waals surface area contributed by atoms with Gasteiger partial charge in [-0.25, -0.2) is 9.59 Å². The lowest BCUT2D eigenvalue weighted by molar-refractivity contribution is -0.193. The molecule has 120 valence electrons. The van der Waals surface area contributed by atoms with Gasteiger partial charge in [0.1, 0.15) is 0 Å². The summed E-state index contributed by atoms with van der Waals surface area (Å²) in [6.07, 6.45) is -10.4. The quantitative estimate of drug-likeness (QED) is 0.356. The van der Waals surface area contributed by atoms with Gasteiger partial charge >= 0.3 is 24.3 Å². The van der Waals surface area contributed by atoms with E-state index < -0.39 is 35.0 Å². The zero-order valence-corrected chi connectivity index (χ0v) is 10.9. The molecule has 0 heterocycles. The van der Waals surface area contributed by atoms with Crippen LogP contribution in [0.5, 0.6) is 0 Å². The highest BCUT2D eigenvalue weighted by atomic mass is 32.2. The van der Waals surface area contributed by atoms with Crippen molar-refractivity contribution < 1.29 is 45.5 Å². The molecule has 0 saturated carbocycles. The van der Waals surface area contributed by atoms with Crippen LogP contribution in [0.1, 0.15) is 10.4 Å². The van der Waals surface area contributed by atoms with Crippen LogP contribution in [0.3, 0.4) is 0 Å². The number of benzene rings is 1. The van der Waals surface area contributed by atoms with E-state index in [9.17, 15) is 40.7 Å². The SMILES string of the molecule is O=C(OC(=O)C(F)(F)F)c1ccc(SC(=O)C(F)(F)F)cc1. The Kier molecular flexibility index (Phi) is 5.22. The second-order valence-corrected chi connectivity index (χ2v) is 4.63. The minimum Gasteiger partial charge on any atom is -0.383 e. The van der Waals surface area contributed by atoms with E-state index in [1.807, 2.05) is 0 Å². The number of halogens is 6. The van der Waals surface area contributed by atoms with Crippen LogP contribution in [-0.2, 0) is 14.3 Å². The van der Waals surface area contributed by atoms with Crippen LogP contribution in [0.2, 0.25) is 0 Å². The van der Waals surface area contributed by atoms with Crippen molar-refractivity contribution in [1.29, 1.82) is 0 Å². The van der Waals surface area contributed by atoms with E-state index in [1.165, 1.54) is 0 Å². The number of carbonyl (C=O) groups is 3. The Balaban J connectivity index is 2.75. The summed E-state index contributed by atoms with van der Waals surface area (Å²) < 4.78 is 75.2. The van der Waals surface area contributed by atoms with Crippen molar-refractivity contribution in [2.75, 3.05) is 0 Å². The molecule has 0 aliphatic heterocycles. The molecule has 1 aromatic carbocycles. The summed E-state index contributed by atoms with van der Waals surface area (Å²) in [6.45, 7) is 0. The number of rotatable bonds is 2. The van der Waals surface area contributed by atoms with E-state index in [1.54, 1.807) is 0 Å². The summed E-state index contributed by atoms with van der Waals surface area (Å²) >= 11 is -0.174. The van der Waals surface area contributed by atoms with E-state index in [2.05, 4.69) is 4.74 Å². The maximum atomic E-state index is 12.0. The fourth-order valence-electron chi connectivity index (χ4n) is 1.02. The molecular formula is C11H4F6O4S. The summed E-state index contributed by atoms with van der Waals surface area (Å²) in [7, 11) is 0. The third kappa shape index (κ3) is 5.06. The topological polar surface area (TPSA) is 60.4 Å². The highest BCUT2D eigenvalue weighted by Crippen LogP contribution is 2.29. The van der Waals surface area contributed by atoms with Crippen LogP contribution in [0.25, 0.3) is 0 Å². The monoisotopic (exact) mass is 346 g/mol. The zero-order chi connectivity index (χ0) is 17.1. The van der Waals surface area contributed by atoms with E-state index in [-0.39, 0.29) is 16.7 Å². The third-order valence-corrected chi connectivity index (χ3v) is 2.87. The highest BCUT2D eigenvalue weighted by molar-refractivity contribution is 8.13. The Morgan fingerprint density at radius 3 is 1.77 bits per heavy atom. The van der Waals surface area contributed by atoms with Gasteiger partial charge in [0, 0.05) is 4.90 Å². The lowest BCUT2D eigenvalue weighted by atomic mass is 10.2. The van der Waals surface area contributed by atoms with Crippen LogP contribution in [0, 0.1) is 0 Å². The molecule has 1 rings (SSSR count). The Bertz CT molecular complexity index is 590. The summed E-state index contributed by atoms with van der Waals surface area (Å²) in [5.41, 5.74) is -0.499. The average molecular weight is 346 g/mol. The van der Waals surface area contributed by atoms with E-state index in [4.69, 9.17) is 0 Å². The molecular weight excluding hydrogens is 342 g/mol. The molecule has 0 unspecified atom stereocenters. The number of esters is 2. The second kappa shape index (κ2) is 6.38. The first-order valence-electron chi connectivity index (χ1n) is 5.13. The lowest BCUT2D eigenvalue weighted by Crippen LogP contribution is -2.28. The van der Waals surface area contributed by atoms with Gasteiger partial charge < -0.3 is 4.74 Å². The van der Waals surface area contributed by atoms with Crippen molar-refractivity contribution in [3.05, 3.63) is 29.8 Å². The van der Waals surface area contributed by atoms with Crippen LogP contribution < -0.4 is 0 Å². The van der Waals surface area contributed by atoms with Crippen molar-refractivity contribution in [2.45, 2.75) is 17.2 Å². The van der Waals surface area contributed by atoms with Crippen LogP contribution in [0.4, 0.5) is 26.3 Å². The molecule has 0 aliphatic carbocycles. The molecule has 11 heteroatoms. The molecule has 0 aliphatic rings. The Labute approximate surface area is 122 Å². The fraction of sp³-hybridized carbons (Fsp3) is 0.182. The standard InChI is InChI=1S/C11H4F6O4S/c12-10(13,14)8(19)21-7(18)5-1-3-6(4-2-5)22-9(20)11(15,16)17/h1-4H. The molecule has 22 heavy (non-hydrogen) atoms. The van der Waals surface area contributed by atoms with E-state index in [0.717, 1.165) is 24.3 Å². The van der Waals surface area contributed by atoms with Crippen molar-refractivity contribution >= 4 is 28.8 Å². The summed E-state index contributed by atoms with van der Waals surface area (Å²) in [5.74, 6) is -4.34. The molecule has 0 N–H and O–H groups in total. The van der Waals surface area contributed by atoms with Crippen LogP contribution in [-0.4, -0.2) is 29.4 Å². The van der Waals surface area contributed by atoms with Gasteiger partial charge in [-0.1, -0.05) is 0 Å². The molecule has 0 amide bonds. The van der Waals surface area contributed by atoms with Crippen molar-refractivity contribution in [2.24, 2.45) is 0 Å². The average Bonchev–Trinajstić information content (AvgIpc) is 2.37. The molecule has 0 radical (unpaired) electrons. The van der Waals surface area contributed by atoms with Gasteiger partial charge in [0.15, 0.2) is 0 Å². The van der Waals surface area contributed by atoms with Gasteiger partial charge in [0.25, 0.3) is 5.12 Å². The first-order valence-corrected chi connectivity index (χ1v) is 5.95. The predicted molar refractivity (Wildman–Crippen MR) is 59.8 cm³/mol. The number of ether oxygens (including phenoxy) is 1. The third-order valence-electron chi connectivity index (χ3n) is 1.95. The lowest BCUT2D eigenvalue weighted by Gasteiger charge is -2.07. The number of thioether (sulfide) groups is 1. The second-order valence-electron chi connectivity index (χ2n) is 3.59. The number of carbonyl (C=O) groups excluding carboxylic acids is 3. The minimum atomic E-state index is -5.36. The molecule has 1 aromatic rings. The molecule has 0 spiro atoms. The van der Waals surface area contributed by atoms with Gasteiger partial charge in [-0.2, -0.15) is 26.3 Å². The number of hydrogen-bond donors (Lipinski definition) is 0. The molecule has 0 saturated heterocycles. The minimum absolute atomic E-state index is 0.174. The van der Waals surface area contributed by atoms with Gasteiger partial charge in [0.05, 0.1) is 5.56 Å². The molecule has 0 atom stereocenters. The first-order chi connectivity index (χ1) is 9.91. The van der Waals surface area contributed by atoms with Crippen molar-refractivity contribution in [3.8, 4) is 0 Å². The fourth-order valence-corrected chi connectivity index (χ4v) is 1.63. The van der Waals surface area contributed by atoms with Crippen molar-refractivity contribution in [3.63, 3.8) is 0 Å². The maximum absolute atomic E-state index is 12.0. The largest absolute Gasteiger partial charge is 0.491 e. The van der Waals surface area contributed by atoms with Gasteiger partial charge in [-0.15, -0.1) is 0 Å². The highest BCUT2D eigenvalue weighted by Gasteiger charge is 2.42. The van der Waals surface area contributed by atoms with E-state index >= 15 is 0 Å². The first kappa shape index (κ1) is 18.0. The normalized spacial score (nSPS) is 11.9. The van der Waals surface area contributed by atoms with Gasteiger partial charge in [0.2, 0.25) is 0 Å². The summed E-state index contributed by atoms with van der Waals surface area (Å²) in [5, 5.41) is -2.10. The Hall–Kier alpha value is -2.04. The zero-order valence-electron chi connectivity index (χ0n) is 10.1. The summed E-state index contributed by atoms with van der Waals surface area (Å²) in [4.78, 5) is 32.1. The van der Waals surface area contributed by atoms with Gasteiger partial charge in [-0.05, 0) is 36.0 Å². The van der Waals surface area contributed by atoms with Crippen LogP contribution >= 0.6 is 11.8 Å². The molecule has 0 bridgehead atoms. The number of hydrogen-bond acceptors (Lipinski definition) is 5. The Morgan fingerprint density at radius 1 is 0.864 bits per heavy atom. The molecule has 0 aromatic heterocycles. The van der Waals surface area contributed by atoms with Crippen LogP contribution in [0.15, 0.2) is 29.2 Å². The van der Waals surface area contributed by atoms with Gasteiger partial charge in [-0.3, -0.25) is 4.79 Å². The smallest absolute Gasteiger partial charge is 0.383 e. The van der Waals surface area contributed by atoms with Crippen molar-refractivity contribution in [1.82, 2.24) is 0 Å². The molecule has 0 fully saturated rings. The number of alkyl halides is 6. The predicted octanol–water partition coefficient (Wildman–Crippen LogP) is 3.11.